The summed E-state index contributed by atoms with van der Waals surface area (Å²) in [6.07, 6.45) is 0. The molecule has 0 fully saturated rings. The number of carbonyl (C=O) groups is 1. The Hall–Kier alpha value is -3.58. The van der Waals surface area contributed by atoms with Crippen molar-refractivity contribution in [2.45, 2.75) is 6.92 Å². The topological polar surface area (TPSA) is 77.8 Å². The van der Waals surface area contributed by atoms with E-state index >= 15 is 0 Å². The van der Waals surface area contributed by atoms with Crippen LogP contribution in [0.25, 0.3) is 21.4 Å². The first-order valence-electron chi connectivity index (χ1n) is 9.17. The minimum Gasteiger partial charge on any atom is -0.493 e. The van der Waals surface area contributed by atoms with Crippen LogP contribution in [0.1, 0.15) is 15.9 Å². The molecule has 0 atom stereocenters. The molecule has 0 aliphatic carbocycles. The van der Waals surface area contributed by atoms with Gasteiger partial charge >= 0.3 is 0 Å². The van der Waals surface area contributed by atoms with Gasteiger partial charge < -0.3 is 13.9 Å². The Morgan fingerprint density at radius 3 is 2.53 bits per heavy atom. The minimum absolute atomic E-state index is 0.115. The smallest absolute Gasteiger partial charge is 0.258 e. The van der Waals surface area contributed by atoms with Crippen molar-refractivity contribution in [2.75, 3.05) is 19.5 Å². The molecule has 0 saturated heterocycles. The van der Waals surface area contributed by atoms with Gasteiger partial charge in [0.2, 0.25) is 11.3 Å². The molecular formula is C23H19NO5S. The number of anilines is 1. The summed E-state index contributed by atoms with van der Waals surface area (Å²) in [5, 5.41) is 5.11. The van der Waals surface area contributed by atoms with E-state index in [2.05, 4.69) is 5.32 Å². The number of ether oxygens (including phenoxy) is 2. The largest absolute Gasteiger partial charge is 0.493 e. The molecule has 2 aromatic heterocycles. The fraction of sp³-hybridized carbons (Fsp3) is 0.130. The van der Waals surface area contributed by atoms with Crippen molar-refractivity contribution in [2.24, 2.45) is 0 Å². The number of nitrogens with one attached hydrogen (secondary N) is 1. The van der Waals surface area contributed by atoms with Crippen LogP contribution in [0.15, 0.2) is 63.1 Å². The number of hydrogen-bond donors (Lipinski definition) is 1. The molecule has 7 heteroatoms. The Bertz CT molecular complexity index is 1290. The summed E-state index contributed by atoms with van der Waals surface area (Å²) in [5.41, 5.74) is 1.74. The van der Waals surface area contributed by atoms with Gasteiger partial charge in [-0.25, -0.2) is 0 Å². The van der Waals surface area contributed by atoms with Crippen LogP contribution in [0.5, 0.6) is 11.5 Å². The third-order valence-corrected chi connectivity index (χ3v) is 5.64. The average Bonchev–Trinajstić information content (AvgIpc) is 3.28. The van der Waals surface area contributed by atoms with Gasteiger partial charge in [-0.3, -0.25) is 14.9 Å². The highest BCUT2D eigenvalue weighted by atomic mass is 32.1. The minimum atomic E-state index is -0.426. The lowest BCUT2D eigenvalue weighted by Crippen LogP contribution is -2.16. The number of fused-ring (bicyclic) bond motifs is 1. The molecule has 4 rings (SSSR count). The second-order valence-electron chi connectivity index (χ2n) is 6.59. The molecule has 0 unspecified atom stereocenters. The van der Waals surface area contributed by atoms with Crippen LogP contribution in [0.2, 0.25) is 0 Å². The monoisotopic (exact) mass is 421 g/mol. The highest BCUT2D eigenvalue weighted by Crippen LogP contribution is 2.33. The molecule has 0 aliphatic heterocycles. The number of para-hydroxylation sites is 1. The molecule has 30 heavy (non-hydrogen) atoms. The van der Waals surface area contributed by atoms with Gasteiger partial charge in [0.05, 0.1) is 19.6 Å². The zero-order chi connectivity index (χ0) is 21.3. The van der Waals surface area contributed by atoms with E-state index in [1.807, 2.05) is 36.6 Å². The van der Waals surface area contributed by atoms with E-state index < -0.39 is 5.91 Å². The molecule has 0 spiro atoms. The fourth-order valence-electron chi connectivity index (χ4n) is 3.24. The van der Waals surface area contributed by atoms with E-state index in [1.165, 1.54) is 25.6 Å². The van der Waals surface area contributed by atoms with E-state index in [-0.39, 0.29) is 11.3 Å². The molecule has 2 heterocycles. The molecular weight excluding hydrogens is 402 g/mol. The first-order valence-corrected chi connectivity index (χ1v) is 10.0. The van der Waals surface area contributed by atoms with Crippen LogP contribution in [0.3, 0.4) is 0 Å². The van der Waals surface area contributed by atoms with Gasteiger partial charge in [0, 0.05) is 10.4 Å². The Kier molecular flexibility index (Phi) is 5.29. The van der Waals surface area contributed by atoms with Gasteiger partial charge in [-0.05, 0) is 48.2 Å². The highest BCUT2D eigenvalue weighted by molar-refractivity contribution is 7.13. The van der Waals surface area contributed by atoms with Crippen molar-refractivity contribution in [3.63, 3.8) is 0 Å². The lowest BCUT2D eigenvalue weighted by Gasteiger charge is -2.12. The summed E-state index contributed by atoms with van der Waals surface area (Å²) in [6, 6.07) is 13.9. The predicted octanol–water partition coefficient (Wildman–Crippen LogP) is 5.10. The molecule has 0 aliphatic rings. The maximum Gasteiger partial charge on any atom is 0.258 e. The molecule has 0 bridgehead atoms. The van der Waals surface area contributed by atoms with E-state index in [0.29, 0.717) is 33.6 Å². The maximum absolute atomic E-state index is 13.3. The molecule has 1 amide bonds. The number of aryl methyl sites for hydroxylation is 1. The Morgan fingerprint density at radius 1 is 1.03 bits per heavy atom. The summed E-state index contributed by atoms with van der Waals surface area (Å²) < 4.78 is 16.5. The standard InChI is InChI=1S/C23H19NO5S/c1-13-6-4-7-15-20(25)19(18-8-5-11-30-18)23(29-21(13)15)24-22(26)14-9-10-16(27-2)17(12-14)28-3/h4-12H,1-3H3,(H,24,26). The average molecular weight is 421 g/mol. The number of amides is 1. The van der Waals surface area contributed by atoms with Crippen LogP contribution in [0, 0.1) is 6.92 Å². The summed E-state index contributed by atoms with van der Waals surface area (Å²) in [6.45, 7) is 1.86. The third kappa shape index (κ3) is 3.44. The van der Waals surface area contributed by atoms with Crippen molar-refractivity contribution < 1.29 is 18.7 Å². The van der Waals surface area contributed by atoms with Crippen LogP contribution >= 0.6 is 11.3 Å². The SMILES string of the molecule is COc1ccc(C(=O)Nc2oc3c(C)cccc3c(=O)c2-c2cccs2)cc1OC. The molecule has 4 aromatic rings. The van der Waals surface area contributed by atoms with Crippen LogP contribution < -0.4 is 20.2 Å². The van der Waals surface area contributed by atoms with E-state index in [0.717, 1.165) is 10.4 Å². The number of methoxy groups -OCH3 is 2. The summed E-state index contributed by atoms with van der Waals surface area (Å²) in [4.78, 5) is 26.9. The number of benzene rings is 2. The first kappa shape index (κ1) is 19.7. The van der Waals surface area contributed by atoms with Gasteiger partial charge in [0.15, 0.2) is 11.5 Å². The molecule has 2 aromatic carbocycles. The van der Waals surface area contributed by atoms with Gasteiger partial charge in [0.25, 0.3) is 5.91 Å². The molecule has 0 radical (unpaired) electrons. The van der Waals surface area contributed by atoms with E-state index in [9.17, 15) is 9.59 Å². The molecule has 152 valence electrons. The second-order valence-corrected chi connectivity index (χ2v) is 7.54. The second kappa shape index (κ2) is 8.04. The first-order chi connectivity index (χ1) is 14.5. The third-order valence-electron chi connectivity index (χ3n) is 4.76. The number of thiophene rings is 1. The fourth-order valence-corrected chi connectivity index (χ4v) is 4.01. The van der Waals surface area contributed by atoms with Crippen molar-refractivity contribution in [3.8, 4) is 21.9 Å². The number of carbonyl (C=O) groups excluding carboxylic acids is 1. The van der Waals surface area contributed by atoms with Crippen molar-refractivity contribution >= 4 is 34.1 Å². The van der Waals surface area contributed by atoms with Crippen molar-refractivity contribution in [1.29, 1.82) is 0 Å². The van der Waals surface area contributed by atoms with Crippen LogP contribution in [0.4, 0.5) is 5.88 Å². The van der Waals surface area contributed by atoms with Crippen LogP contribution in [-0.2, 0) is 0 Å². The molecule has 1 N–H and O–H groups in total. The quantitative estimate of drug-likeness (QED) is 0.485. The molecule has 0 saturated carbocycles. The van der Waals surface area contributed by atoms with Gasteiger partial charge in [-0.15, -0.1) is 11.3 Å². The van der Waals surface area contributed by atoms with Gasteiger partial charge in [0.1, 0.15) is 11.1 Å². The number of hydrogen-bond acceptors (Lipinski definition) is 6. The lowest BCUT2D eigenvalue weighted by atomic mass is 10.1. The Labute approximate surface area is 176 Å². The van der Waals surface area contributed by atoms with Gasteiger partial charge in [-0.2, -0.15) is 0 Å². The Morgan fingerprint density at radius 2 is 1.83 bits per heavy atom. The van der Waals surface area contributed by atoms with Crippen LogP contribution in [-0.4, -0.2) is 20.1 Å². The predicted molar refractivity (Wildman–Crippen MR) is 118 cm³/mol. The zero-order valence-corrected chi connectivity index (χ0v) is 17.5. The number of rotatable bonds is 5. The summed E-state index contributed by atoms with van der Waals surface area (Å²) in [7, 11) is 3.02. The van der Waals surface area contributed by atoms with Crippen molar-refractivity contribution in [3.05, 3.63) is 75.3 Å². The normalized spacial score (nSPS) is 10.8. The van der Waals surface area contributed by atoms with Gasteiger partial charge in [-0.1, -0.05) is 18.2 Å². The summed E-state index contributed by atoms with van der Waals surface area (Å²) in [5.74, 6) is 0.634. The van der Waals surface area contributed by atoms with E-state index in [1.54, 1.807) is 24.3 Å². The highest BCUT2D eigenvalue weighted by Gasteiger charge is 2.21. The lowest BCUT2D eigenvalue weighted by molar-refractivity contribution is 0.102. The zero-order valence-electron chi connectivity index (χ0n) is 16.6. The van der Waals surface area contributed by atoms with Crippen molar-refractivity contribution in [1.82, 2.24) is 0 Å². The molecule has 6 nitrogen and oxygen atoms in total. The summed E-state index contributed by atoms with van der Waals surface area (Å²) >= 11 is 1.40. The maximum atomic E-state index is 13.3. The Balaban J connectivity index is 1.84. The van der Waals surface area contributed by atoms with E-state index in [4.69, 9.17) is 13.9 Å².